The van der Waals surface area contributed by atoms with Crippen LogP contribution in [-0.2, 0) is 0 Å². The predicted molar refractivity (Wildman–Crippen MR) is 58.9 cm³/mol. The van der Waals surface area contributed by atoms with Crippen LogP contribution in [0.5, 0.6) is 5.75 Å². The number of aliphatic hydroxyl groups is 1. The van der Waals surface area contributed by atoms with Gasteiger partial charge in [-0.3, -0.25) is 4.98 Å². The van der Waals surface area contributed by atoms with E-state index < -0.39 is 6.10 Å². The molecule has 4 nitrogen and oxygen atoms in total. The lowest BCUT2D eigenvalue weighted by Gasteiger charge is -2.14. The van der Waals surface area contributed by atoms with Gasteiger partial charge in [-0.25, -0.2) is 0 Å². The fourth-order valence-corrected chi connectivity index (χ4v) is 1.06. The molecular formula is C11H18N2O2. The monoisotopic (exact) mass is 210 g/mol. The van der Waals surface area contributed by atoms with E-state index in [9.17, 15) is 5.11 Å². The number of ether oxygens (including phenoxy) is 1. The van der Waals surface area contributed by atoms with Crippen molar-refractivity contribution < 1.29 is 9.84 Å². The Bertz CT molecular complexity index is 265. The molecule has 1 aromatic rings. The first-order chi connectivity index (χ1) is 7.18. The van der Waals surface area contributed by atoms with E-state index in [1.54, 1.807) is 18.5 Å². The largest absolute Gasteiger partial charge is 0.489 e. The molecule has 1 aromatic heterocycles. The first-order valence-electron chi connectivity index (χ1n) is 5.12. The molecule has 0 bridgehead atoms. The molecule has 0 spiro atoms. The lowest BCUT2D eigenvalue weighted by molar-refractivity contribution is 0.104. The van der Waals surface area contributed by atoms with Gasteiger partial charge < -0.3 is 15.2 Å². The number of nitrogens with zero attached hydrogens (tertiary/aromatic N) is 1. The molecule has 0 aromatic carbocycles. The standard InChI is InChI=1S/C11H18N2O2/c1-9(2)13-6-10(14)8-15-11-4-3-5-12-7-11/h3-5,7,9-10,13-14H,6,8H2,1-2H3. The molecule has 4 heteroatoms. The smallest absolute Gasteiger partial charge is 0.137 e. The van der Waals surface area contributed by atoms with Gasteiger partial charge in [-0.2, -0.15) is 0 Å². The first kappa shape index (κ1) is 11.9. The van der Waals surface area contributed by atoms with Crippen molar-refractivity contribution >= 4 is 0 Å². The summed E-state index contributed by atoms with van der Waals surface area (Å²) < 4.78 is 5.35. The Morgan fingerprint density at radius 1 is 1.53 bits per heavy atom. The first-order valence-corrected chi connectivity index (χ1v) is 5.12. The number of aliphatic hydroxyl groups excluding tert-OH is 1. The second-order valence-corrected chi connectivity index (χ2v) is 3.72. The van der Waals surface area contributed by atoms with Crippen molar-refractivity contribution in [3.8, 4) is 5.75 Å². The Balaban J connectivity index is 2.19. The zero-order valence-electron chi connectivity index (χ0n) is 9.18. The van der Waals surface area contributed by atoms with E-state index in [4.69, 9.17) is 4.74 Å². The van der Waals surface area contributed by atoms with Gasteiger partial charge in [-0.15, -0.1) is 0 Å². The summed E-state index contributed by atoms with van der Waals surface area (Å²) in [6.45, 7) is 4.90. The maximum atomic E-state index is 9.55. The minimum atomic E-state index is -0.493. The highest BCUT2D eigenvalue weighted by atomic mass is 16.5. The summed E-state index contributed by atoms with van der Waals surface area (Å²) in [4.78, 5) is 3.91. The van der Waals surface area contributed by atoms with Gasteiger partial charge in [0.15, 0.2) is 0 Å². The van der Waals surface area contributed by atoms with Crippen molar-refractivity contribution in [3.05, 3.63) is 24.5 Å². The lowest BCUT2D eigenvalue weighted by Crippen LogP contribution is -2.35. The Labute approximate surface area is 90.3 Å². The zero-order valence-corrected chi connectivity index (χ0v) is 9.18. The number of hydrogen-bond acceptors (Lipinski definition) is 4. The molecule has 15 heavy (non-hydrogen) atoms. The van der Waals surface area contributed by atoms with Gasteiger partial charge >= 0.3 is 0 Å². The summed E-state index contributed by atoms with van der Waals surface area (Å²) in [7, 11) is 0. The Hall–Kier alpha value is -1.13. The number of rotatable bonds is 6. The van der Waals surface area contributed by atoms with Gasteiger partial charge in [0.25, 0.3) is 0 Å². The topological polar surface area (TPSA) is 54.4 Å². The van der Waals surface area contributed by atoms with E-state index in [-0.39, 0.29) is 6.61 Å². The second-order valence-electron chi connectivity index (χ2n) is 3.72. The van der Waals surface area contributed by atoms with Crippen LogP contribution >= 0.6 is 0 Å². The molecule has 0 fully saturated rings. The summed E-state index contributed by atoms with van der Waals surface area (Å²) in [5.41, 5.74) is 0. The highest BCUT2D eigenvalue weighted by Crippen LogP contribution is 2.06. The van der Waals surface area contributed by atoms with Crippen molar-refractivity contribution in [2.75, 3.05) is 13.2 Å². The summed E-state index contributed by atoms with van der Waals surface area (Å²) in [5.74, 6) is 0.682. The Kier molecular flexibility index (Phi) is 5.07. The summed E-state index contributed by atoms with van der Waals surface area (Å²) in [6, 6.07) is 3.99. The maximum absolute atomic E-state index is 9.55. The van der Waals surface area contributed by atoms with E-state index in [0.29, 0.717) is 18.3 Å². The molecule has 84 valence electrons. The minimum absolute atomic E-state index is 0.283. The summed E-state index contributed by atoms with van der Waals surface area (Å²) in [6.07, 6.45) is 2.82. The maximum Gasteiger partial charge on any atom is 0.137 e. The van der Waals surface area contributed by atoms with Crippen LogP contribution in [0.3, 0.4) is 0 Å². The fourth-order valence-electron chi connectivity index (χ4n) is 1.06. The third kappa shape index (κ3) is 5.34. The third-order valence-corrected chi connectivity index (χ3v) is 1.84. The van der Waals surface area contributed by atoms with Crippen LogP contribution in [0.15, 0.2) is 24.5 Å². The molecule has 0 aliphatic carbocycles. The van der Waals surface area contributed by atoms with E-state index in [1.807, 2.05) is 19.9 Å². The van der Waals surface area contributed by atoms with Crippen LogP contribution in [0.25, 0.3) is 0 Å². The highest BCUT2D eigenvalue weighted by Gasteiger charge is 2.05. The molecule has 1 rings (SSSR count). The van der Waals surface area contributed by atoms with Crippen LogP contribution in [0, 0.1) is 0 Å². The van der Waals surface area contributed by atoms with Gasteiger partial charge in [-0.05, 0) is 12.1 Å². The molecule has 0 radical (unpaired) electrons. The summed E-state index contributed by atoms with van der Waals surface area (Å²) in [5, 5.41) is 12.7. The quantitative estimate of drug-likeness (QED) is 0.730. The predicted octanol–water partition coefficient (Wildman–Crippen LogP) is 0.819. The number of aromatic nitrogens is 1. The van der Waals surface area contributed by atoms with Gasteiger partial charge in [0.1, 0.15) is 18.5 Å². The van der Waals surface area contributed by atoms with Crippen molar-refractivity contribution in [2.24, 2.45) is 0 Å². The molecule has 0 amide bonds. The van der Waals surface area contributed by atoms with Gasteiger partial charge in [0.05, 0.1) is 6.20 Å². The van der Waals surface area contributed by atoms with Crippen molar-refractivity contribution in [3.63, 3.8) is 0 Å². The highest BCUT2D eigenvalue weighted by molar-refractivity contribution is 5.15. The number of hydrogen-bond donors (Lipinski definition) is 2. The van der Waals surface area contributed by atoms with Gasteiger partial charge in [0, 0.05) is 18.8 Å². The third-order valence-electron chi connectivity index (χ3n) is 1.84. The SMILES string of the molecule is CC(C)NCC(O)COc1cccnc1. The molecule has 1 atom stereocenters. The van der Waals surface area contributed by atoms with E-state index in [2.05, 4.69) is 10.3 Å². The molecular weight excluding hydrogens is 192 g/mol. The number of pyridine rings is 1. The Morgan fingerprint density at radius 3 is 2.93 bits per heavy atom. The van der Waals surface area contributed by atoms with Crippen molar-refractivity contribution in [2.45, 2.75) is 26.0 Å². The molecule has 0 saturated carbocycles. The minimum Gasteiger partial charge on any atom is -0.489 e. The van der Waals surface area contributed by atoms with E-state index in [0.717, 1.165) is 0 Å². The van der Waals surface area contributed by atoms with E-state index in [1.165, 1.54) is 0 Å². The molecule has 0 saturated heterocycles. The zero-order chi connectivity index (χ0) is 11.1. The average Bonchev–Trinajstić information content (AvgIpc) is 2.25. The van der Waals surface area contributed by atoms with Crippen molar-refractivity contribution in [1.82, 2.24) is 10.3 Å². The number of nitrogens with one attached hydrogen (secondary N) is 1. The molecule has 1 heterocycles. The van der Waals surface area contributed by atoms with Crippen LogP contribution in [-0.4, -0.2) is 35.4 Å². The summed E-state index contributed by atoms with van der Waals surface area (Å²) >= 11 is 0. The fraction of sp³-hybridized carbons (Fsp3) is 0.545. The average molecular weight is 210 g/mol. The van der Waals surface area contributed by atoms with Crippen LogP contribution < -0.4 is 10.1 Å². The van der Waals surface area contributed by atoms with Crippen LogP contribution in [0.2, 0.25) is 0 Å². The van der Waals surface area contributed by atoms with Gasteiger partial charge in [0.2, 0.25) is 0 Å². The van der Waals surface area contributed by atoms with Crippen LogP contribution in [0.1, 0.15) is 13.8 Å². The van der Waals surface area contributed by atoms with Crippen LogP contribution in [0.4, 0.5) is 0 Å². The normalized spacial score (nSPS) is 12.8. The van der Waals surface area contributed by atoms with Gasteiger partial charge in [-0.1, -0.05) is 13.8 Å². The molecule has 0 aliphatic heterocycles. The molecule has 1 unspecified atom stereocenters. The van der Waals surface area contributed by atoms with Crippen molar-refractivity contribution in [1.29, 1.82) is 0 Å². The second kappa shape index (κ2) is 6.37. The Morgan fingerprint density at radius 2 is 2.33 bits per heavy atom. The van der Waals surface area contributed by atoms with E-state index >= 15 is 0 Å². The molecule has 2 N–H and O–H groups in total. The molecule has 0 aliphatic rings. The lowest BCUT2D eigenvalue weighted by atomic mass is 10.3.